The van der Waals surface area contributed by atoms with Crippen molar-refractivity contribution < 1.29 is 4.42 Å². The lowest BCUT2D eigenvalue weighted by Gasteiger charge is -2.06. The first-order valence-corrected chi connectivity index (χ1v) is 17.4. The van der Waals surface area contributed by atoms with Crippen molar-refractivity contribution in [1.29, 1.82) is 5.41 Å². The number of nitrogens with two attached hydrogens (primary N) is 2. The first-order chi connectivity index (χ1) is 24.5. The van der Waals surface area contributed by atoms with Crippen molar-refractivity contribution in [3.05, 3.63) is 180 Å². The number of nitrogen functional groups attached to an aromatic ring is 1. The van der Waals surface area contributed by atoms with Crippen LogP contribution in [0.25, 0.3) is 64.4 Å². The van der Waals surface area contributed by atoms with Gasteiger partial charge in [0.2, 0.25) is 0 Å². The maximum absolute atomic E-state index is 7.94. The third-order valence-corrected chi connectivity index (χ3v) is 9.87. The largest absolute Gasteiger partial charge is 0.456 e. The molecule has 0 spiro atoms. The standard InChI is InChI=1S/C25H18N2S.C13H11NO.C7H8/c26-25(27)20-7-4-8-23-24(20)21-15-19(13-14-22(21)28-23)18-11-9-17(10-12-18)16-5-2-1-3-6-16;14-8-9-5-6-11-10-3-1-2-4-12(10)15-13(11)7-9;1-7-5-3-2-4-6-7/h1-15H,(H3,26,27);1-7H,8,14H2;2-6H,1H3. The lowest BCUT2D eigenvalue weighted by atomic mass is 9.98. The van der Waals surface area contributed by atoms with Gasteiger partial charge in [-0.3, -0.25) is 5.41 Å². The molecule has 2 aromatic heterocycles. The van der Waals surface area contributed by atoms with Crippen LogP contribution in [0, 0.1) is 12.3 Å². The maximum atomic E-state index is 7.94. The highest BCUT2D eigenvalue weighted by Gasteiger charge is 2.12. The molecule has 0 saturated carbocycles. The molecule has 4 nitrogen and oxygen atoms in total. The van der Waals surface area contributed by atoms with Gasteiger partial charge in [-0.1, -0.05) is 139 Å². The normalized spacial score (nSPS) is 10.8. The molecule has 2 heterocycles. The van der Waals surface area contributed by atoms with Crippen molar-refractivity contribution in [3.63, 3.8) is 0 Å². The number of benzene rings is 7. The fourth-order valence-electron chi connectivity index (χ4n) is 6.15. The molecule has 7 aromatic carbocycles. The summed E-state index contributed by atoms with van der Waals surface area (Å²) in [6, 6.07) is 56.1. The first-order valence-electron chi connectivity index (χ1n) is 16.6. The van der Waals surface area contributed by atoms with Crippen LogP contribution in [0.3, 0.4) is 0 Å². The Kier molecular flexibility index (Phi) is 9.52. The molecule has 0 aliphatic heterocycles. The predicted molar refractivity (Wildman–Crippen MR) is 214 cm³/mol. The number of rotatable bonds is 4. The van der Waals surface area contributed by atoms with Gasteiger partial charge in [0, 0.05) is 43.1 Å². The predicted octanol–water partition coefficient (Wildman–Crippen LogP) is 11.7. The molecule has 0 radical (unpaired) electrons. The molecule has 0 aliphatic rings. The summed E-state index contributed by atoms with van der Waals surface area (Å²) in [5.41, 5.74) is 21.3. The maximum Gasteiger partial charge on any atom is 0.135 e. The van der Waals surface area contributed by atoms with Gasteiger partial charge in [0.1, 0.15) is 17.0 Å². The quantitative estimate of drug-likeness (QED) is 0.129. The molecule has 0 fully saturated rings. The Bertz CT molecular complexity index is 2550. The minimum Gasteiger partial charge on any atom is -0.456 e. The van der Waals surface area contributed by atoms with Crippen molar-refractivity contribution in [1.82, 2.24) is 0 Å². The molecule has 50 heavy (non-hydrogen) atoms. The molecule has 0 unspecified atom stereocenters. The Balaban J connectivity index is 0.000000147. The van der Waals surface area contributed by atoms with E-state index in [1.807, 2.05) is 66.7 Å². The van der Waals surface area contributed by atoms with E-state index in [9.17, 15) is 0 Å². The highest BCUT2D eigenvalue weighted by atomic mass is 32.1. The molecule has 0 bridgehead atoms. The fraction of sp³-hybridized carbons (Fsp3) is 0.0444. The Hall–Kier alpha value is -6.01. The number of hydrogen-bond donors (Lipinski definition) is 3. The van der Waals surface area contributed by atoms with Crippen LogP contribution < -0.4 is 11.5 Å². The van der Waals surface area contributed by atoms with Gasteiger partial charge in [0.25, 0.3) is 0 Å². The van der Waals surface area contributed by atoms with Crippen LogP contribution in [0.4, 0.5) is 0 Å². The molecule has 244 valence electrons. The van der Waals surface area contributed by atoms with Crippen LogP contribution in [-0.4, -0.2) is 5.84 Å². The molecule has 0 amide bonds. The van der Waals surface area contributed by atoms with E-state index in [4.69, 9.17) is 21.3 Å². The Morgan fingerprint density at radius 3 is 1.86 bits per heavy atom. The van der Waals surface area contributed by atoms with Crippen LogP contribution in [-0.2, 0) is 6.54 Å². The van der Waals surface area contributed by atoms with Gasteiger partial charge in [-0.25, -0.2) is 0 Å². The number of hydrogen-bond acceptors (Lipinski definition) is 4. The number of fused-ring (bicyclic) bond motifs is 6. The van der Waals surface area contributed by atoms with Gasteiger partial charge in [-0.05, 0) is 65.1 Å². The van der Waals surface area contributed by atoms with Gasteiger partial charge in [0.05, 0.1) is 0 Å². The number of furan rings is 1. The van der Waals surface area contributed by atoms with E-state index in [1.165, 1.54) is 37.2 Å². The lowest BCUT2D eigenvalue weighted by Crippen LogP contribution is -2.10. The van der Waals surface area contributed by atoms with Crippen molar-refractivity contribution >= 4 is 59.3 Å². The summed E-state index contributed by atoms with van der Waals surface area (Å²) in [4.78, 5) is 0. The number of thiophene rings is 1. The van der Waals surface area contributed by atoms with Gasteiger partial charge < -0.3 is 15.9 Å². The SMILES string of the molecule is Cc1ccccc1.N=C(N)c1cccc2sc3ccc(-c4ccc(-c5ccccc5)cc4)cc3c12.NCc1ccc2c(c1)oc1ccccc12. The molecule has 0 atom stereocenters. The lowest BCUT2D eigenvalue weighted by molar-refractivity contribution is 0.668. The molecule has 0 aliphatic carbocycles. The molecule has 5 N–H and O–H groups in total. The molecule has 0 saturated heterocycles. The van der Waals surface area contributed by atoms with E-state index in [0.29, 0.717) is 6.54 Å². The second-order valence-corrected chi connectivity index (χ2v) is 13.2. The third kappa shape index (κ3) is 6.92. The van der Waals surface area contributed by atoms with Crippen molar-refractivity contribution in [2.45, 2.75) is 13.5 Å². The second kappa shape index (κ2) is 14.6. The van der Waals surface area contributed by atoms with Crippen LogP contribution in [0.2, 0.25) is 0 Å². The second-order valence-electron chi connectivity index (χ2n) is 12.1. The van der Waals surface area contributed by atoms with Crippen molar-refractivity contribution in [2.24, 2.45) is 11.5 Å². The average molecular weight is 668 g/mol. The van der Waals surface area contributed by atoms with Gasteiger partial charge in [-0.2, -0.15) is 0 Å². The van der Waals surface area contributed by atoms with E-state index in [1.54, 1.807) is 11.3 Å². The number of aryl methyl sites for hydroxylation is 1. The van der Waals surface area contributed by atoms with Crippen LogP contribution in [0.5, 0.6) is 0 Å². The summed E-state index contributed by atoms with van der Waals surface area (Å²) in [5, 5.41) is 12.5. The van der Waals surface area contributed by atoms with E-state index >= 15 is 0 Å². The smallest absolute Gasteiger partial charge is 0.135 e. The molecular weight excluding hydrogens is 631 g/mol. The zero-order valence-corrected chi connectivity index (χ0v) is 28.6. The Morgan fingerprint density at radius 2 is 1.18 bits per heavy atom. The zero-order chi connectivity index (χ0) is 34.5. The summed E-state index contributed by atoms with van der Waals surface area (Å²) >= 11 is 1.74. The highest BCUT2D eigenvalue weighted by Crippen LogP contribution is 2.38. The minimum atomic E-state index is 0.114. The van der Waals surface area contributed by atoms with Gasteiger partial charge >= 0.3 is 0 Å². The van der Waals surface area contributed by atoms with Crippen LogP contribution in [0.1, 0.15) is 16.7 Å². The number of nitrogens with one attached hydrogen (secondary N) is 1. The summed E-state index contributed by atoms with van der Waals surface area (Å²) in [6.07, 6.45) is 0. The highest BCUT2D eigenvalue weighted by molar-refractivity contribution is 7.25. The van der Waals surface area contributed by atoms with E-state index in [0.717, 1.165) is 43.8 Å². The fourth-order valence-corrected chi connectivity index (χ4v) is 7.26. The van der Waals surface area contributed by atoms with E-state index < -0.39 is 0 Å². The third-order valence-electron chi connectivity index (χ3n) is 8.73. The molecule has 9 aromatic rings. The monoisotopic (exact) mass is 667 g/mol. The van der Waals surface area contributed by atoms with E-state index in [2.05, 4.69) is 104 Å². The Morgan fingerprint density at radius 1 is 0.560 bits per heavy atom. The summed E-state index contributed by atoms with van der Waals surface area (Å²) in [6.45, 7) is 2.63. The van der Waals surface area contributed by atoms with Crippen molar-refractivity contribution in [2.75, 3.05) is 0 Å². The summed E-state index contributed by atoms with van der Waals surface area (Å²) in [5.74, 6) is 0.114. The molecule has 5 heteroatoms. The van der Waals surface area contributed by atoms with Crippen molar-refractivity contribution in [3.8, 4) is 22.3 Å². The Labute approximate surface area is 295 Å². The first kappa shape index (κ1) is 32.5. The molecular formula is C45H37N3OS. The van der Waals surface area contributed by atoms with Gasteiger partial charge in [0.15, 0.2) is 0 Å². The average Bonchev–Trinajstić information content (AvgIpc) is 3.73. The van der Waals surface area contributed by atoms with Crippen LogP contribution >= 0.6 is 11.3 Å². The number of amidine groups is 1. The topological polar surface area (TPSA) is 89.0 Å². The zero-order valence-electron chi connectivity index (χ0n) is 27.8. The van der Waals surface area contributed by atoms with Crippen LogP contribution in [0.15, 0.2) is 168 Å². The summed E-state index contributed by atoms with van der Waals surface area (Å²) < 4.78 is 8.12. The molecule has 9 rings (SSSR count). The minimum absolute atomic E-state index is 0.114. The number of para-hydroxylation sites is 1. The van der Waals surface area contributed by atoms with Gasteiger partial charge in [-0.15, -0.1) is 11.3 Å². The van der Waals surface area contributed by atoms with E-state index in [-0.39, 0.29) is 5.84 Å². The summed E-state index contributed by atoms with van der Waals surface area (Å²) in [7, 11) is 0.